The Bertz CT molecular complexity index is 1060. The van der Waals surface area contributed by atoms with Gasteiger partial charge >= 0.3 is 5.97 Å². The Morgan fingerprint density at radius 1 is 1.13 bits per heavy atom. The summed E-state index contributed by atoms with van der Waals surface area (Å²) in [4.78, 5) is 28.7. The summed E-state index contributed by atoms with van der Waals surface area (Å²) in [5, 5.41) is 7.08. The van der Waals surface area contributed by atoms with E-state index in [0.29, 0.717) is 39.1 Å². The van der Waals surface area contributed by atoms with Gasteiger partial charge in [-0.25, -0.2) is 14.8 Å². The molecule has 3 rings (SSSR count). The van der Waals surface area contributed by atoms with Gasteiger partial charge in [-0.15, -0.1) is 0 Å². The molecule has 8 nitrogen and oxygen atoms in total. The van der Waals surface area contributed by atoms with Crippen LogP contribution in [0.1, 0.15) is 23.5 Å². The van der Waals surface area contributed by atoms with Crippen LogP contribution in [0.25, 0.3) is 11.0 Å². The minimum Gasteiger partial charge on any atom is -0.479 e. The number of nitrogens with zero attached hydrogens (tertiary/aromatic N) is 2. The van der Waals surface area contributed by atoms with E-state index in [-0.39, 0.29) is 0 Å². The first-order valence-corrected chi connectivity index (χ1v) is 9.12. The third kappa shape index (κ3) is 7.31. The monoisotopic (exact) mass is 433 g/mol. The van der Waals surface area contributed by atoms with Gasteiger partial charge in [0.15, 0.2) is 6.10 Å². The first-order chi connectivity index (χ1) is 15.1. The van der Waals surface area contributed by atoms with Crippen molar-refractivity contribution < 1.29 is 26.8 Å². The summed E-state index contributed by atoms with van der Waals surface area (Å²) in [7, 11) is -1.72. The molecule has 1 atom stereocenters. The Balaban J connectivity index is 0.000000837. The molecule has 0 fully saturated rings. The van der Waals surface area contributed by atoms with Gasteiger partial charge in [0.25, 0.3) is 0 Å². The minimum absolute atomic E-state index is 0.318. The summed E-state index contributed by atoms with van der Waals surface area (Å²) in [5.41, 5.74) is 1.98. The molecule has 0 amide bonds. The smallest absolute Gasteiger partial charge is 0.382 e. The molecule has 0 aliphatic carbocycles. The van der Waals surface area contributed by atoms with Gasteiger partial charge < -0.3 is 14.9 Å². The molecule has 30 heavy (non-hydrogen) atoms. The lowest BCUT2D eigenvalue weighted by Gasteiger charge is -2.12. The highest BCUT2D eigenvalue weighted by Gasteiger charge is 2.17. The van der Waals surface area contributed by atoms with Crippen LogP contribution >= 0.6 is 11.6 Å². The van der Waals surface area contributed by atoms with Crippen molar-refractivity contribution in [2.45, 2.75) is 26.9 Å². The third-order valence-electron chi connectivity index (χ3n) is 3.30. The van der Waals surface area contributed by atoms with Crippen LogP contribution in [0.2, 0.25) is 5.02 Å². The van der Waals surface area contributed by atoms with Crippen LogP contribution in [0, 0.1) is 5.41 Å². The standard InChI is InChI=1S/C18H15ClN2O5.C3H7N/c1-11(18(22)26-23-2)24-13-4-6-14(7-5-13)25-17-10-20-16-9-12(19)3-8-15(16)21-17;1-3(2)4/h3-11H,1-2H3;4H,1-2H3/i2D2;. The Morgan fingerprint density at radius 2 is 1.80 bits per heavy atom. The highest BCUT2D eigenvalue weighted by molar-refractivity contribution is 6.31. The van der Waals surface area contributed by atoms with Gasteiger partial charge in [0.2, 0.25) is 5.88 Å². The quantitative estimate of drug-likeness (QED) is 0.331. The molecule has 0 radical (unpaired) electrons. The molecule has 1 unspecified atom stereocenters. The Labute approximate surface area is 182 Å². The predicted molar refractivity (Wildman–Crippen MR) is 113 cm³/mol. The fourth-order valence-electron chi connectivity index (χ4n) is 2.09. The zero-order valence-electron chi connectivity index (χ0n) is 18.6. The van der Waals surface area contributed by atoms with Crippen LogP contribution in [0.15, 0.2) is 48.7 Å². The maximum absolute atomic E-state index is 11.6. The van der Waals surface area contributed by atoms with Crippen LogP contribution in [0.3, 0.4) is 0 Å². The van der Waals surface area contributed by atoms with E-state index >= 15 is 0 Å². The highest BCUT2D eigenvalue weighted by atomic mass is 35.5. The number of hydrogen-bond donors (Lipinski definition) is 1. The van der Waals surface area contributed by atoms with Crippen molar-refractivity contribution in [3.8, 4) is 17.4 Å². The molecule has 158 valence electrons. The van der Waals surface area contributed by atoms with Crippen molar-refractivity contribution in [1.82, 2.24) is 9.97 Å². The van der Waals surface area contributed by atoms with Gasteiger partial charge in [-0.2, -0.15) is 4.89 Å². The molecule has 1 heterocycles. The SMILES string of the molecule is CC(C)=N.[2H]C([2H])OOC(=O)C(C)Oc1ccc(Oc2cnc3cc(Cl)ccc3n2)cc1. The Hall–Kier alpha value is -3.23. The van der Waals surface area contributed by atoms with E-state index in [1.165, 1.54) is 13.1 Å². The molecule has 0 saturated heterocycles. The molecular formula is C21H22ClN3O5. The average Bonchev–Trinajstić information content (AvgIpc) is 2.73. The van der Waals surface area contributed by atoms with Crippen molar-refractivity contribution in [3.05, 3.63) is 53.7 Å². The normalized spacial score (nSPS) is 12.2. The van der Waals surface area contributed by atoms with Gasteiger partial charge in [0, 0.05) is 10.7 Å². The third-order valence-corrected chi connectivity index (χ3v) is 3.54. The Kier molecular flexibility index (Phi) is 7.41. The van der Waals surface area contributed by atoms with E-state index in [1.807, 2.05) is 0 Å². The summed E-state index contributed by atoms with van der Waals surface area (Å²) < 4.78 is 24.7. The van der Waals surface area contributed by atoms with Crippen LogP contribution < -0.4 is 9.47 Å². The molecule has 0 aliphatic rings. The fourth-order valence-corrected chi connectivity index (χ4v) is 2.26. The summed E-state index contributed by atoms with van der Waals surface area (Å²) in [6, 6.07) is 11.7. The van der Waals surface area contributed by atoms with Gasteiger partial charge in [-0.1, -0.05) is 11.6 Å². The van der Waals surface area contributed by atoms with Crippen molar-refractivity contribution in [2.24, 2.45) is 0 Å². The lowest BCUT2D eigenvalue weighted by Crippen LogP contribution is -2.25. The van der Waals surface area contributed by atoms with Crippen molar-refractivity contribution in [3.63, 3.8) is 0 Å². The average molecular weight is 434 g/mol. The number of carbonyl (C=O) groups is 1. The van der Waals surface area contributed by atoms with Crippen molar-refractivity contribution in [1.29, 1.82) is 5.41 Å². The van der Waals surface area contributed by atoms with E-state index < -0.39 is 19.1 Å². The van der Waals surface area contributed by atoms with Gasteiger partial charge in [0.1, 0.15) is 11.5 Å². The van der Waals surface area contributed by atoms with Gasteiger partial charge in [-0.05, 0) is 63.2 Å². The molecule has 0 bridgehead atoms. The molecule has 2 aromatic carbocycles. The zero-order valence-corrected chi connectivity index (χ0v) is 17.3. The zero-order chi connectivity index (χ0) is 23.7. The molecule has 3 aromatic rings. The van der Waals surface area contributed by atoms with E-state index in [9.17, 15) is 4.79 Å². The second-order valence-corrected chi connectivity index (χ2v) is 6.61. The van der Waals surface area contributed by atoms with Crippen molar-refractivity contribution >= 4 is 34.3 Å². The topological polar surface area (TPSA) is 104 Å². The first-order valence-electron chi connectivity index (χ1n) is 9.90. The first kappa shape index (κ1) is 20.1. The van der Waals surface area contributed by atoms with Gasteiger partial charge in [0.05, 0.1) is 27.0 Å². The summed E-state index contributed by atoms with van der Waals surface area (Å²) in [6.45, 7) is 4.95. The number of rotatable bonds is 6. The summed E-state index contributed by atoms with van der Waals surface area (Å²) in [5.74, 6) is 0.360. The molecule has 1 N–H and O–H groups in total. The van der Waals surface area contributed by atoms with Crippen LogP contribution in [0.5, 0.6) is 17.4 Å². The number of ether oxygens (including phenoxy) is 2. The number of carbonyl (C=O) groups excluding carboxylic acids is 1. The van der Waals surface area contributed by atoms with Crippen LogP contribution in [-0.2, 0) is 14.6 Å². The van der Waals surface area contributed by atoms with Crippen LogP contribution in [-0.4, -0.2) is 34.8 Å². The van der Waals surface area contributed by atoms with Gasteiger partial charge in [-0.3, -0.25) is 4.89 Å². The Morgan fingerprint density at radius 3 is 2.47 bits per heavy atom. The largest absolute Gasteiger partial charge is 0.479 e. The number of nitrogens with one attached hydrogen (secondary N) is 1. The number of benzene rings is 2. The molecule has 9 heteroatoms. The maximum Gasteiger partial charge on any atom is 0.382 e. The van der Waals surface area contributed by atoms with Crippen LogP contribution in [0.4, 0.5) is 0 Å². The second-order valence-electron chi connectivity index (χ2n) is 6.17. The highest BCUT2D eigenvalue weighted by Crippen LogP contribution is 2.25. The number of halogens is 1. The molecule has 0 aliphatic heterocycles. The molecule has 1 aromatic heterocycles. The van der Waals surface area contributed by atoms with E-state index in [0.717, 1.165) is 0 Å². The number of aromatic nitrogens is 2. The van der Waals surface area contributed by atoms with E-state index in [4.69, 9.17) is 29.2 Å². The minimum atomic E-state index is -1.72. The second kappa shape index (κ2) is 11.1. The van der Waals surface area contributed by atoms with E-state index in [1.54, 1.807) is 56.3 Å². The van der Waals surface area contributed by atoms with Crippen molar-refractivity contribution in [2.75, 3.05) is 7.06 Å². The predicted octanol–water partition coefficient (Wildman–Crippen LogP) is 4.99. The van der Waals surface area contributed by atoms with E-state index in [2.05, 4.69) is 19.7 Å². The number of fused-ring (bicyclic) bond motifs is 1. The lowest BCUT2D eigenvalue weighted by atomic mass is 10.3. The molecule has 0 saturated carbocycles. The summed E-state index contributed by atoms with van der Waals surface area (Å²) in [6.07, 6.45) is 0.510. The fraction of sp³-hybridized carbons (Fsp3) is 0.238. The summed E-state index contributed by atoms with van der Waals surface area (Å²) >= 11 is 5.93. The molecule has 0 spiro atoms. The lowest BCUT2D eigenvalue weighted by molar-refractivity contribution is -0.260. The maximum atomic E-state index is 11.6. The molecular weight excluding hydrogens is 410 g/mol. The number of hydrogen-bond acceptors (Lipinski definition) is 8.